The minimum Gasteiger partial charge on any atom is -0.454 e. The molecule has 33 heavy (non-hydrogen) atoms. The fraction of sp³-hybridized carbons (Fsp3) is 0.125. The molecule has 166 valence electrons. The predicted octanol–water partition coefficient (Wildman–Crippen LogP) is 5.50. The van der Waals surface area contributed by atoms with Crippen LogP contribution in [0.5, 0.6) is 11.5 Å². The Balaban J connectivity index is 1.24. The van der Waals surface area contributed by atoms with E-state index in [4.69, 9.17) is 21.1 Å². The van der Waals surface area contributed by atoms with Crippen molar-refractivity contribution in [2.24, 2.45) is 0 Å². The number of ether oxygens (including phenoxy) is 2. The molecule has 1 N–H and O–H groups in total. The molecule has 0 aliphatic carbocycles. The van der Waals surface area contributed by atoms with Gasteiger partial charge in [-0.15, -0.1) is 10.2 Å². The number of halogens is 1. The zero-order valence-corrected chi connectivity index (χ0v) is 19.2. The van der Waals surface area contributed by atoms with Crippen LogP contribution in [0.4, 0.5) is 5.69 Å². The number of amides is 1. The Morgan fingerprint density at radius 2 is 1.88 bits per heavy atom. The molecule has 0 saturated carbocycles. The van der Waals surface area contributed by atoms with Crippen LogP contribution < -0.4 is 14.8 Å². The first-order valence-corrected chi connectivity index (χ1v) is 11.5. The number of carbonyl (C=O) groups excluding carboxylic acids is 1. The number of carbonyl (C=O) groups is 1. The molecule has 0 bridgehead atoms. The third-order valence-corrected chi connectivity index (χ3v) is 6.31. The number of hydrogen-bond donors (Lipinski definition) is 1. The van der Waals surface area contributed by atoms with E-state index in [1.807, 2.05) is 60.0 Å². The lowest BCUT2D eigenvalue weighted by atomic mass is 10.1. The van der Waals surface area contributed by atoms with E-state index < -0.39 is 0 Å². The van der Waals surface area contributed by atoms with E-state index in [-0.39, 0.29) is 12.7 Å². The van der Waals surface area contributed by atoms with E-state index in [0.717, 1.165) is 22.2 Å². The second-order valence-electron chi connectivity index (χ2n) is 7.35. The van der Waals surface area contributed by atoms with Crippen molar-refractivity contribution in [3.05, 3.63) is 88.7 Å². The maximum atomic E-state index is 12.6. The van der Waals surface area contributed by atoms with E-state index in [1.165, 1.54) is 0 Å². The smallest absolute Gasteiger partial charge is 0.255 e. The van der Waals surface area contributed by atoms with Crippen LogP contribution in [0.25, 0.3) is 5.69 Å². The van der Waals surface area contributed by atoms with E-state index in [2.05, 4.69) is 15.5 Å². The van der Waals surface area contributed by atoms with Gasteiger partial charge >= 0.3 is 0 Å². The highest BCUT2D eigenvalue weighted by Crippen LogP contribution is 2.34. The van der Waals surface area contributed by atoms with Crippen molar-refractivity contribution < 1.29 is 14.3 Å². The summed E-state index contributed by atoms with van der Waals surface area (Å²) in [7, 11) is 0. The van der Waals surface area contributed by atoms with Gasteiger partial charge in [0.2, 0.25) is 6.79 Å². The molecular weight excluding hydrogens is 460 g/mol. The Morgan fingerprint density at radius 1 is 1.06 bits per heavy atom. The van der Waals surface area contributed by atoms with Crippen LogP contribution >= 0.6 is 23.4 Å². The summed E-state index contributed by atoms with van der Waals surface area (Å²) in [4.78, 5) is 12.6. The normalized spacial score (nSPS) is 12.1. The molecule has 1 amide bonds. The summed E-state index contributed by atoms with van der Waals surface area (Å²) in [5, 5.41) is 12.8. The van der Waals surface area contributed by atoms with Gasteiger partial charge in [0, 0.05) is 28.1 Å². The lowest BCUT2D eigenvalue weighted by molar-refractivity contribution is 0.102. The van der Waals surface area contributed by atoms with Crippen LogP contribution in [0.15, 0.2) is 71.9 Å². The van der Waals surface area contributed by atoms with Crippen molar-refractivity contribution in [3.63, 3.8) is 0 Å². The maximum Gasteiger partial charge on any atom is 0.255 e. The first-order chi connectivity index (χ1) is 16.1. The molecule has 5 rings (SSSR count). The topological polar surface area (TPSA) is 78.3 Å². The van der Waals surface area contributed by atoms with E-state index in [0.29, 0.717) is 33.5 Å². The van der Waals surface area contributed by atoms with Gasteiger partial charge in [-0.05, 0) is 55.0 Å². The van der Waals surface area contributed by atoms with Crippen LogP contribution in [0.2, 0.25) is 5.02 Å². The first kappa shape index (κ1) is 21.4. The van der Waals surface area contributed by atoms with Gasteiger partial charge in [-0.25, -0.2) is 0 Å². The summed E-state index contributed by atoms with van der Waals surface area (Å²) in [6.45, 7) is 2.10. The van der Waals surface area contributed by atoms with Gasteiger partial charge in [0.1, 0.15) is 5.82 Å². The second kappa shape index (κ2) is 9.17. The fourth-order valence-corrected chi connectivity index (χ4v) is 4.56. The van der Waals surface area contributed by atoms with E-state index >= 15 is 0 Å². The number of thioether (sulfide) groups is 1. The molecule has 0 unspecified atom stereocenters. The summed E-state index contributed by atoms with van der Waals surface area (Å²) in [6, 6.07) is 20.4. The number of aryl methyl sites for hydroxylation is 1. The Bertz CT molecular complexity index is 1320. The highest BCUT2D eigenvalue weighted by atomic mass is 35.5. The number of nitrogens with zero attached hydrogens (tertiary/aromatic N) is 3. The highest BCUT2D eigenvalue weighted by molar-refractivity contribution is 7.98. The zero-order valence-electron chi connectivity index (χ0n) is 17.6. The van der Waals surface area contributed by atoms with E-state index in [1.54, 1.807) is 30.0 Å². The SMILES string of the molecule is Cc1nnc(SCc2ccc(C(=O)Nc3ccc4c(c3)OCO4)cc2)n1-c1cccc(Cl)c1. The van der Waals surface area contributed by atoms with Crippen LogP contribution in [0.3, 0.4) is 0 Å². The van der Waals surface area contributed by atoms with Crippen molar-refractivity contribution in [1.29, 1.82) is 0 Å². The molecule has 7 nitrogen and oxygen atoms in total. The standard InChI is InChI=1S/C24H19ClN4O3S/c1-15-27-28-24(29(15)20-4-2-3-18(25)11-20)33-13-16-5-7-17(8-6-16)23(30)26-19-9-10-21-22(12-19)32-14-31-21/h2-12H,13-14H2,1H3,(H,26,30). The van der Waals surface area contributed by atoms with Crippen molar-refractivity contribution in [1.82, 2.24) is 14.8 Å². The Hall–Kier alpha value is -3.49. The number of anilines is 1. The Morgan fingerprint density at radius 3 is 2.70 bits per heavy atom. The molecule has 3 aromatic carbocycles. The molecular formula is C24H19ClN4O3S. The number of aromatic nitrogens is 3. The van der Waals surface area contributed by atoms with Crippen LogP contribution in [-0.2, 0) is 5.75 Å². The van der Waals surface area contributed by atoms with Crippen LogP contribution in [0.1, 0.15) is 21.7 Å². The van der Waals surface area contributed by atoms with Crippen molar-refractivity contribution in [3.8, 4) is 17.2 Å². The quantitative estimate of drug-likeness (QED) is 0.368. The summed E-state index contributed by atoms with van der Waals surface area (Å²) < 4.78 is 12.6. The average Bonchev–Trinajstić information content (AvgIpc) is 3.44. The molecule has 1 aliphatic heterocycles. The minimum absolute atomic E-state index is 0.190. The summed E-state index contributed by atoms with van der Waals surface area (Å²) in [5.74, 6) is 2.58. The van der Waals surface area contributed by atoms with Crippen LogP contribution in [-0.4, -0.2) is 27.5 Å². The van der Waals surface area contributed by atoms with Gasteiger partial charge in [0.05, 0.1) is 5.69 Å². The summed E-state index contributed by atoms with van der Waals surface area (Å²) in [5.41, 5.74) is 3.21. The van der Waals surface area contributed by atoms with Gasteiger partial charge in [-0.1, -0.05) is 41.6 Å². The summed E-state index contributed by atoms with van der Waals surface area (Å²) >= 11 is 7.72. The van der Waals surface area contributed by atoms with E-state index in [9.17, 15) is 4.79 Å². The number of hydrogen-bond acceptors (Lipinski definition) is 6. The zero-order chi connectivity index (χ0) is 22.8. The van der Waals surface area contributed by atoms with Crippen molar-refractivity contribution >= 4 is 35.0 Å². The Labute approximate surface area is 199 Å². The van der Waals surface area contributed by atoms with Gasteiger partial charge in [-0.3, -0.25) is 9.36 Å². The van der Waals surface area contributed by atoms with Gasteiger partial charge in [0.25, 0.3) is 5.91 Å². The minimum atomic E-state index is -0.190. The molecule has 0 saturated heterocycles. The van der Waals surface area contributed by atoms with Crippen molar-refractivity contribution in [2.45, 2.75) is 17.8 Å². The first-order valence-electron chi connectivity index (χ1n) is 10.2. The fourth-order valence-electron chi connectivity index (χ4n) is 3.43. The molecule has 9 heteroatoms. The maximum absolute atomic E-state index is 12.6. The van der Waals surface area contributed by atoms with Crippen molar-refractivity contribution in [2.75, 3.05) is 12.1 Å². The lowest BCUT2D eigenvalue weighted by Gasteiger charge is -2.09. The lowest BCUT2D eigenvalue weighted by Crippen LogP contribution is -2.11. The average molecular weight is 479 g/mol. The third kappa shape index (κ3) is 4.67. The molecule has 2 heterocycles. The van der Waals surface area contributed by atoms with Gasteiger partial charge < -0.3 is 14.8 Å². The molecule has 1 aliphatic rings. The third-order valence-electron chi connectivity index (χ3n) is 5.08. The number of fused-ring (bicyclic) bond motifs is 1. The molecule has 0 radical (unpaired) electrons. The predicted molar refractivity (Wildman–Crippen MR) is 128 cm³/mol. The van der Waals surface area contributed by atoms with Crippen LogP contribution in [0, 0.1) is 6.92 Å². The molecule has 0 fully saturated rings. The molecule has 0 atom stereocenters. The van der Waals surface area contributed by atoms with Gasteiger partial charge in [-0.2, -0.15) is 0 Å². The largest absolute Gasteiger partial charge is 0.454 e. The number of rotatable bonds is 6. The summed E-state index contributed by atoms with van der Waals surface area (Å²) in [6.07, 6.45) is 0. The Kier molecular flexibility index (Phi) is 5.93. The highest BCUT2D eigenvalue weighted by Gasteiger charge is 2.15. The molecule has 0 spiro atoms. The number of benzene rings is 3. The molecule has 4 aromatic rings. The van der Waals surface area contributed by atoms with Gasteiger partial charge in [0.15, 0.2) is 16.7 Å². The second-order valence-corrected chi connectivity index (χ2v) is 8.73. The monoisotopic (exact) mass is 478 g/mol. The molecule has 1 aromatic heterocycles. The number of nitrogens with one attached hydrogen (secondary N) is 1.